The first-order valence-electron chi connectivity index (χ1n) is 7.59. The molecular weight excluding hydrogens is 282 g/mol. The Bertz CT molecular complexity index is 534. The number of rotatable bonds is 4. The SMILES string of the molecule is COc1cc(C)c(CC(=O)N2CC(C)OC(C)C2)cc1OC. The number of amides is 1. The standard InChI is InChI=1S/C17H25NO4/c1-11-6-15(20-4)16(21-5)7-14(11)8-17(19)18-9-12(2)22-13(3)10-18/h6-7,12-13H,8-10H2,1-5H3. The molecule has 0 spiro atoms. The zero-order valence-electron chi connectivity index (χ0n) is 14.0. The Hall–Kier alpha value is -1.75. The summed E-state index contributed by atoms with van der Waals surface area (Å²) in [5.74, 6) is 1.46. The van der Waals surface area contributed by atoms with Crippen molar-refractivity contribution in [3.63, 3.8) is 0 Å². The van der Waals surface area contributed by atoms with Gasteiger partial charge in [-0.05, 0) is 44.0 Å². The molecule has 5 heteroatoms. The molecule has 0 N–H and O–H groups in total. The van der Waals surface area contributed by atoms with Crippen molar-refractivity contribution in [3.05, 3.63) is 23.3 Å². The lowest BCUT2D eigenvalue weighted by atomic mass is 10.0. The van der Waals surface area contributed by atoms with E-state index in [-0.39, 0.29) is 18.1 Å². The molecule has 22 heavy (non-hydrogen) atoms. The molecule has 1 aliphatic heterocycles. The number of nitrogens with zero attached hydrogens (tertiary/aromatic N) is 1. The third-order valence-corrected chi connectivity index (χ3v) is 3.96. The molecule has 122 valence electrons. The van der Waals surface area contributed by atoms with Gasteiger partial charge in [-0.2, -0.15) is 0 Å². The minimum Gasteiger partial charge on any atom is -0.493 e. The van der Waals surface area contributed by atoms with Crippen LogP contribution >= 0.6 is 0 Å². The van der Waals surface area contributed by atoms with Crippen molar-refractivity contribution in [2.45, 2.75) is 39.4 Å². The minimum atomic E-state index is 0.0826. The first kappa shape index (κ1) is 16.6. The number of hydrogen-bond donors (Lipinski definition) is 0. The summed E-state index contributed by atoms with van der Waals surface area (Å²) in [6.45, 7) is 7.27. The van der Waals surface area contributed by atoms with E-state index in [4.69, 9.17) is 14.2 Å². The van der Waals surface area contributed by atoms with E-state index < -0.39 is 0 Å². The van der Waals surface area contributed by atoms with Crippen molar-refractivity contribution in [1.29, 1.82) is 0 Å². The van der Waals surface area contributed by atoms with E-state index >= 15 is 0 Å². The van der Waals surface area contributed by atoms with Crippen molar-refractivity contribution in [2.75, 3.05) is 27.3 Å². The third kappa shape index (κ3) is 3.71. The quantitative estimate of drug-likeness (QED) is 0.855. The number of methoxy groups -OCH3 is 2. The molecule has 1 aromatic rings. The van der Waals surface area contributed by atoms with E-state index in [1.807, 2.05) is 37.8 Å². The van der Waals surface area contributed by atoms with Crippen LogP contribution in [0.1, 0.15) is 25.0 Å². The molecule has 1 saturated heterocycles. The molecule has 0 radical (unpaired) electrons. The summed E-state index contributed by atoms with van der Waals surface area (Å²) in [5.41, 5.74) is 2.00. The number of ether oxygens (including phenoxy) is 3. The Kier molecular flexibility index (Phi) is 5.29. The van der Waals surface area contributed by atoms with Crippen LogP contribution in [0.4, 0.5) is 0 Å². The normalized spacial score (nSPS) is 21.6. The van der Waals surface area contributed by atoms with Gasteiger partial charge in [0.1, 0.15) is 0 Å². The zero-order chi connectivity index (χ0) is 16.3. The molecule has 1 amide bonds. The van der Waals surface area contributed by atoms with Crippen LogP contribution in [0.15, 0.2) is 12.1 Å². The van der Waals surface area contributed by atoms with Gasteiger partial charge >= 0.3 is 0 Å². The number of hydrogen-bond acceptors (Lipinski definition) is 4. The zero-order valence-corrected chi connectivity index (χ0v) is 14.0. The van der Waals surface area contributed by atoms with Crippen LogP contribution in [0, 0.1) is 6.92 Å². The fourth-order valence-corrected chi connectivity index (χ4v) is 2.87. The summed E-state index contributed by atoms with van der Waals surface area (Å²) in [7, 11) is 3.21. The highest BCUT2D eigenvalue weighted by atomic mass is 16.5. The van der Waals surface area contributed by atoms with E-state index in [1.165, 1.54) is 0 Å². The number of aryl methyl sites for hydroxylation is 1. The molecule has 0 aromatic heterocycles. The summed E-state index contributed by atoms with van der Waals surface area (Å²) >= 11 is 0. The fourth-order valence-electron chi connectivity index (χ4n) is 2.87. The molecule has 5 nitrogen and oxygen atoms in total. The summed E-state index contributed by atoms with van der Waals surface area (Å²) in [6.07, 6.45) is 0.532. The van der Waals surface area contributed by atoms with Crippen molar-refractivity contribution >= 4 is 5.91 Å². The number of benzene rings is 1. The highest BCUT2D eigenvalue weighted by Gasteiger charge is 2.26. The van der Waals surface area contributed by atoms with Crippen LogP contribution in [0.5, 0.6) is 11.5 Å². The van der Waals surface area contributed by atoms with Crippen LogP contribution in [0.2, 0.25) is 0 Å². The Morgan fingerprint density at radius 3 is 2.27 bits per heavy atom. The topological polar surface area (TPSA) is 48.0 Å². The highest BCUT2D eigenvalue weighted by Crippen LogP contribution is 2.30. The van der Waals surface area contributed by atoms with Gasteiger partial charge in [0.2, 0.25) is 5.91 Å². The van der Waals surface area contributed by atoms with Crippen molar-refractivity contribution in [1.82, 2.24) is 4.90 Å². The molecular formula is C17H25NO4. The summed E-state index contributed by atoms with van der Waals surface area (Å²) < 4.78 is 16.3. The second-order valence-corrected chi connectivity index (χ2v) is 5.87. The number of carbonyl (C=O) groups excluding carboxylic acids is 1. The predicted octanol–water partition coefficient (Wildman–Crippen LogP) is 2.19. The van der Waals surface area contributed by atoms with Gasteiger partial charge in [0, 0.05) is 13.1 Å². The molecule has 1 fully saturated rings. The molecule has 1 aliphatic rings. The van der Waals surface area contributed by atoms with E-state index in [0.717, 1.165) is 11.1 Å². The van der Waals surface area contributed by atoms with Gasteiger partial charge in [-0.15, -0.1) is 0 Å². The maximum absolute atomic E-state index is 12.6. The molecule has 2 atom stereocenters. The first-order chi connectivity index (χ1) is 10.4. The molecule has 0 aliphatic carbocycles. The van der Waals surface area contributed by atoms with Gasteiger partial charge in [0.05, 0.1) is 32.8 Å². The number of morpholine rings is 1. The van der Waals surface area contributed by atoms with Gasteiger partial charge < -0.3 is 19.1 Å². The second-order valence-electron chi connectivity index (χ2n) is 5.87. The Balaban J connectivity index is 2.14. The van der Waals surface area contributed by atoms with Crippen molar-refractivity contribution in [2.24, 2.45) is 0 Å². The smallest absolute Gasteiger partial charge is 0.227 e. The maximum atomic E-state index is 12.6. The lowest BCUT2D eigenvalue weighted by Gasteiger charge is -2.35. The van der Waals surface area contributed by atoms with E-state index in [0.29, 0.717) is 31.0 Å². The number of carbonyl (C=O) groups is 1. The van der Waals surface area contributed by atoms with E-state index in [2.05, 4.69) is 0 Å². The van der Waals surface area contributed by atoms with Crippen LogP contribution in [0.3, 0.4) is 0 Å². The van der Waals surface area contributed by atoms with Crippen LogP contribution in [-0.4, -0.2) is 50.3 Å². The second kappa shape index (κ2) is 7.01. The van der Waals surface area contributed by atoms with Crippen molar-refractivity contribution < 1.29 is 19.0 Å². The van der Waals surface area contributed by atoms with E-state index in [1.54, 1.807) is 14.2 Å². The molecule has 0 saturated carbocycles. The van der Waals surface area contributed by atoms with Gasteiger partial charge in [0.25, 0.3) is 0 Å². The van der Waals surface area contributed by atoms with Gasteiger partial charge in [0.15, 0.2) is 11.5 Å². The lowest BCUT2D eigenvalue weighted by molar-refractivity contribution is -0.142. The molecule has 0 bridgehead atoms. The monoisotopic (exact) mass is 307 g/mol. The van der Waals surface area contributed by atoms with Crippen LogP contribution in [-0.2, 0) is 16.0 Å². The fraction of sp³-hybridized carbons (Fsp3) is 0.588. The summed E-state index contributed by atoms with van der Waals surface area (Å²) in [6, 6.07) is 3.80. The van der Waals surface area contributed by atoms with Crippen LogP contribution < -0.4 is 9.47 Å². The Morgan fingerprint density at radius 2 is 1.73 bits per heavy atom. The average molecular weight is 307 g/mol. The Morgan fingerprint density at radius 1 is 1.18 bits per heavy atom. The average Bonchev–Trinajstić information content (AvgIpc) is 2.47. The first-order valence-corrected chi connectivity index (χ1v) is 7.59. The predicted molar refractivity (Wildman–Crippen MR) is 84.6 cm³/mol. The molecule has 2 rings (SSSR count). The van der Waals surface area contributed by atoms with E-state index in [9.17, 15) is 4.79 Å². The summed E-state index contributed by atoms with van der Waals surface area (Å²) in [4.78, 5) is 14.4. The molecule has 1 heterocycles. The summed E-state index contributed by atoms with van der Waals surface area (Å²) in [5, 5.41) is 0. The maximum Gasteiger partial charge on any atom is 0.227 e. The molecule has 1 aromatic carbocycles. The van der Waals surface area contributed by atoms with Gasteiger partial charge in [-0.25, -0.2) is 0 Å². The largest absolute Gasteiger partial charge is 0.493 e. The molecule has 2 unspecified atom stereocenters. The highest BCUT2D eigenvalue weighted by molar-refractivity contribution is 5.79. The lowest BCUT2D eigenvalue weighted by Crippen LogP contribution is -2.48. The third-order valence-electron chi connectivity index (χ3n) is 3.96. The minimum absolute atomic E-state index is 0.0826. The van der Waals surface area contributed by atoms with Crippen molar-refractivity contribution in [3.8, 4) is 11.5 Å². The van der Waals surface area contributed by atoms with Gasteiger partial charge in [-0.1, -0.05) is 0 Å². The van der Waals surface area contributed by atoms with Gasteiger partial charge in [-0.3, -0.25) is 4.79 Å². The van der Waals surface area contributed by atoms with Crippen LogP contribution in [0.25, 0.3) is 0 Å². The Labute approximate surface area is 132 Å².